The average Bonchev–Trinajstić information content (AvgIpc) is 3.11. The van der Waals surface area contributed by atoms with Gasteiger partial charge in [-0.3, -0.25) is 0 Å². The molecule has 1 heterocycles. The summed E-state index contributed by atoms with van der Waals surface area (Å²) < 4.78 is 20.4. The highest BCUT2D eigenvalue weighted by Gasteiger charge is 2.23. The number of esters is 1. The second kappa shape index (κ2) is 13.9. The highest BCUT2D eigenvalue weighted by molar-refractivity contribution is 5.77. The van der Waals surface area contributed by atoms with Crippen molar-refractivity contribution in [3.05, 3.63) is 0 Å². The molecule has 146 valence electrons. The van der Waals surface area contributed by atoms with E-state index in [0.717, 1.165) is 32.1 Å². The first kappa shape index (κ1) is 21.7. The van der Waals surface area contributed by atoms with Gasteiger partial charge in [-0.05, 0) is 26.2 Å². The van der Waals surface area contributed by atoms with Gasteiger partial charge in [0.15, 0.2) is 6.10 Å². The zero-order valence-corrected chi connectivity index (χ0v) is 15.8. The van der Waals surface area contributed by atoms with Crippen molar-refractivity contribution in [1.82, 2.24) is 0 Å². The fourth-order valence-corrected chi connectivity index (χ4v) is 2.69. The molecule has 0 radical (unpaired) electrons. The third-order valence-electron chi connectivity index (χ3n) is 4.26. The lowest BCUT2D eigenvalue weighted by Crippen LogP contribution is -2.29. The first-order valence-corrected chi connectivity index (χ1v) is 9.75. The van der Waals surface area contributed by atoms with Crippen LogP contribution in [0.5, 0.6) is 0 Å². The molecule has 2 atom stereocenters. The molecule has 1 rings (SSSR count). The first-order chi connectivity index (χ1) is 12.1. The number of carbonyl (C=O) groups excluding carboxylic acids is 2. The SMILES string of the molecule is CCCCCCCCCCOC(=O)OC(C)C(=O)OCC1CCCO1. The van der Waals surface area contributed by atoms with Crippen molar-refractivity contribution >= 4 is 12.1 Å². The van der Waals surface area contributed by atoms with Crippen molar-refractivity contribution in [1.29, 1.82) is 0 Å². The lowest BCUT2D eigenvalue weighted by atomic mass is 10.1. The maximum absolute atomic E-state index is 11.7. The summed E-state index contributed by atoms with van der Waals surface area (Å²) in [5.41, 5.74) is 0. The molecule has 0 saturated carbocycles. The standard InChI is InChI=1S/C19H34O6/c1-3-4-5-6-7-8-9-10-13-23-19(21)25-16(2)18(20)24-15-17-12-11-14-22-17/h16-17H,3-15H2,1-2H3. The van der Waals surface area contributed by atoms with E-state index in [1.54, 1.807) is 0 Å². The Morgan fingerprint density at radius 1 is 1.04 bits per heavy atom. The van der Waals surface area contributed by atoms with Gasteiger partial charge in [0.2, 0.25) is 0 Å². The van der Waals surface area contributed by atoms with E-state index >= 15 is 0 Å². The van der Waals surface area contributed by atoms with Crippen LogP contribution in [-0.2, 0) is 23.7 Å². The highest BCUT2D eigenvalue weighted by atomic mass is 16.7. The van der Waals surface area contributed by atoms with Gasteiger partial charge < -0.3 is 18.9 Å². The van der Waals surface area contributed by atoms with Gasteiger partial charge in [0.05, 0.1) is 12.7 Å². The number of carbonyl (C=O) groups is 2. The van der Waals surface area contributed by atoms with Gasteiger partial charge in [0.1, 0.15) is 6.61 Å². The minimum absolute atomic E-state index is 0.0370. The fourth-order valence-electron chi connectivity index (χ4n) is 2.69. The topological polar surface area (TPSA) is 71.1 Å². The van der Waals surface area contributed by atoms with Crippen LogP contribution in [0.2, 0.25) is 0 Å². The van der Waals surface area contributed by atoms with Crippen molar-refractivity contribution < 1.29 is 28.5 Å². The van der Waals surface area contributed by atoms with Crippen LogP contribution in [0.4, 0.5) is 4.79 Å². The number of unbranched alkanes of at least 4 members (excludes halogenated alkanes) is 7. The molecule has 0 amide bonds. The molecule has 0 aliphatic carbocycles. The molecule has 1 aliphatic heterocycles. The maximum atomic E-state index is 11.7. The van der Waals surface area contributed by atoms with E-state index < -0.39 is 18.2 Å². The number of rotatable bonds is 13. The number of hydrogen-bond acceptors (Lipinski definition) is 6. The van der Waals surface area contributed by atoms with Gasteiger partial charge in [-0.15, -0.1) is 0 Å². The highest BCUT2D eigenvalue weighted by Crippen LogP contribution is 2.12. The zero-order valence-electron chi connectivity index (χ0n) is 15.8. The molecule has 6 nitrogen and oxygen atoms in total. The summed E-state index contributed by atoms with van der Waals surface area (Å²) in [7, 11) is 0. The summed E-state index contributed by atoms with van der Waals surface area (Å²) >= 11 is 0. The molecule has 0 N–H and O–H groups in total. The Morgan fingerprint density at radius 2 is 1.72 bits per heavy atom. The summed E-state index contributed by atoms with van der Waals surface area (Å²) in [4.78, 5) is 23.3. The van der Waals surface area contributed by atoms with Crippen molar-refractivity contribution in [2.75, 3.05) is 19.8 Å². The van der Waals surface area contributed by atoms with Crippen LogP contribution in [0, 0.1) is 0 Å². The van der Waals surface area contributed by atoms with Crippen LogP contribution in [0.1, 0.15) is 78.1 Å². The molecular formula is C19H34O6. The molecule has 0 aromatic heterocycles. The lowest BCUT2D eigenvalue weighted by Gasteiger charge is -2.14. The Morgan fingerprint density at radius 3 is 2.36 bits per heavy atom. The molecule has 1 saturated heterocycles. The third kappa shape index (κ3) is 11.0. The van der Waals surface area contributed by atoms with E-state index in [-0.39, 0.29) is 12.7 Å². The van der Waals surface area contributed by atoms with Crippen LogP contribution in [0.3, 0.4) is 0 Å². The van der Waals surface area contributed by atoms with Gasteiger partial charge >= 0.3 is 12.1 Å². The summed E-state index contributed by atoms with van der Waals surface area (Å²) in [6.07, 6.45) is 9.47. The lowest BCUT2D eigenvalue weighted by molar-refractivity contribution is -0.157. The third-order valence-corrected chi connectivity index (χ3v) is 4.26. The first-order valence-electron chi connectivity index (χ1n) is 9.75. The predicted molar refractivity (Wildman–Crippen MR) is 94.4 cm³/mol. The van der Waals surface area contributed by atoms with Crippen molar-refractivity contribution in [3.8, 4) is 0 Å². The van der Waals surface area contributed by atoms with E-state index in [2.05, 4.69) is 6.92 Å². The molecule has 1 aliphatic rings. The Labute approximate surface area is 151 Å². The second-order valence-electron chi connectivity index (χ2n) is 6.60. The van der Waals surface area contributed by atoms with E-state index in [0.29, 0.717) is 13.2 Å². The normalized spacial score (nSPS) is 17.9. The zero-order chi connectivity index (χ0) is 18.3. The smallest absolute Gasteiger partial charge is 0.460 e. The Balaban J connectivity index is 1.96. The second-order valence-corrected chi connectivity index (χ2v) is 6.60. The summed E-state index contributed by atoms with van der Waals surface area (Å²) in [6, 6.07) is 0. The fraction of sp³-hybridized carbons (Fsp3) is 0.895. The largest absolute Gasteiger partial charge is 0.509 e. The van der Waals surface area contributed by atoms with Crippen LogP contribution < -0.4 is 0 Å². The predicted octanol–water partition coefficient (Wildman–Crippen LogP) is 4.39. The quantitative estimate of drug-likeness (QED) is 0.359. The van der Waals surface area contributed by atoms with Gasteiger partial charge in [-0.1, -0.05) is 51.9 Å². The minimum Gasteiger partial charge on any atom is -0.460 e. The summed E-state index contributed by atoms with van der Waals surface area (Å²) in [6.45, 7) is 4.93. The Kier molecular flexibility index (Phi) is 12.1. The van der Waals surface area contributed by atoms with Crippen LogP contribution in [-0.4, -0.2) is 44.2 Å². The molecule has 0 aromatic rings. The maximum Gasteiger partial charge on any atom is 0.509 e. The van der Waals surface area contributed by atoms with Gasteiger partial charge in [-0.25, -0.2) is 9.59 Å². The average molecular weight is 358 g/mol. The number of hydrogen-bond donors (Lipinski definition) is 0. The van der Waals surface area contributed by atoms with Crippen molar-refractivity contribution in [2.24, 2.45) is 0 Å². The van der Waals surface area contributed by atoms with Crippen LogP contribution >= 0.6 is 0 Å². The molecular weight excluding hydrogens is 324 g/mol. The van der Waals surface area contributed by atoms with Gasteiger partial charge in [0, 0.05) is 6.61 Å². The Bertz CT molecular complexity index is 365. The van der Waals surface area contributed by atoms with Crippen molar-refractivity contribution in [2.45, 2.75) is 90.3 Å². The molecule has 0 aromatic carbocycles. The minimum atomic E-state index is -0.965. The molecule has 0 spiro atoms. The molecule has 1 fully saturated rings. The molecule has 2 unspecified atom stereocenters. The molecule has 0 bridgehead atoms. The number of ether oxygens (including phenoxy) is 4. The van der Waals surface area contributed by atoms with Gasteiger partial charge in [-0.2, -0.15) is 0 Å². The van der Waals surface area contributed by atoms with Crippen LogP contribution in [0.15, 0.2) is 0 Å². The Hall–Kier alpha value is -1.30. The summed E-state index contributed by atoms with van der Waals surface area (Å²) in [5.74, 6) is -0.570. The van der Waals surface area contributed by atoms with Crippen molar-refractivity contribution in [3.63, 3.8) is 0 Å². The van der Waals surface area contributed by atoms with E-state index in [1.807, 2.05) is 0 Å². The van der Waals surface area contributed by atoms with E-state index in [9.17, 15) is 9.59 Å². The van der Waals surface area contributed by atoms with E-state index in [1.165, 1.54) is 39.0 Å². The summed E-state index contributed by atoms with van der Waals surface area (Å²) in [5, 5.41) is 0. The van der Waals surface area contributed by atoms with Crippen LogP contribution in [0.25, 0.3) is 0 Å². The van der Waals surface area contributed by atoms with Gasteiger partial charge in [0.25, 0.3) is 0 Å². The monoisotopic (exact) mass is 358 g/mol. The van der Waals surface area contributed by atoms with E-state index in [4.69, 9.17) is 18.9 Å². The molecule has 25 heavy (non-hydrogen) atoms. The molecule has 6 heteroatoms.